The molecule has 1 aromatic heterocycles. The van der Waals surface area contributed by atoms with Gasteiger partial charge in [0.2, 0.25) is 5.91 Å². The summed E-state index contributed by atoms with van der Waals surface area (Å²) >= 11 is 0. The zero-order chi connectivity index (χ0) is 14.5. The molecule has 1 amide bonds. The van der Waals surface area contributed by atoms with Gasteiger partial charge in [-0.25, -0.2) is 0 Å². The molecule has 21 heavy (non-hydrogen) atoms. The Bertz CT molecular complexity index is 466. The highest BCUT2D eigenvalue weighted by Crippen LogP contribution is 2.28. The average molecular weight is 289 g/mol. The summed E-state index contributed by atoms with van der Waals surface area (Å²) in [5.41, 5.74) is 1.01. The fourth-order valence-electron chi connectivity index (χ4n) is 3.21. The molecule has 2 aliphatic heterocycles. The molecule has 0 aliphatic carbocycles. The minimum Gasteiger partial charge on any atom is -0.377 e. The number of amides is 1. The van der Waals surface area contributed by atoms with Gasteiger partial charge in [-0.3, -0.25) is 9.78 Å². The summed E-state index contributed by atoms with van der Waals surface area (Å²) < 4.78 is 5.87. The second-order valence-corrected chi connectivity index (χ2v) is 5.92. The van der Waals surface area contributed by atoms with Crippen LogP contribution in [-0.4, -0.2) is 43.2 Å². The first-order valence-electron chi connectivity index (χ1n) is 7.83. The van der Waals surface area contributed by atoms with E-state index >= 15 is 0 Å². The summed E-state index contributed by atoms with van der Waals surface area (Å²) in [5.74, 6) is 0.601. The maximum absolute atomic E-state index is 12.2. The lowest BCUT2D eigenvalue weighted by molar-refractivity contribution is -0.136. The number of carbonyl (C=O) groups is 1. The van der Waals surface area contributed by atoms with Crippen LogP contribution in [0.1, 0.15) is 18.5 Å². The van der Waals surface area contributed by atoms with Crippen LogP contribution in [-0.2, 0) is 16.0 Å². The number of hydrogen-bond donors (Lipinski definition) is 2. The number of hydrogen-bond acceptors (Lipinski definition) is 4. The van der Waals surface area contributed by atoms with E-state index in [0.717, 1.165) is 38.0 Å². The monoisotopic (exact) mass is 289 g/mol. The van der Waals surface area contributed by atoms with E-state index in [1.54, 1.807) is 6.20 Å². The summed E-state index contributed by atoms with van der Waals surface area (Å²) in [5, 5.41) is 6.41. The topological polar surface area (TPSA) is 63.2 Å². The third kappa shape index (κ3) is 3.80. The largest absolute Gasteiger partial charge is 0.377 e. The first kappa shape index (κ1) is 14.5. The van der Waals surface area contributed by atoms with Gasteiger partial charge in [-0.15, -0.1) is 0 Å². The van der Waals surface area contributed by atoms with Gasteiger partial charge in [0.15, 0.2) is 0 Å². The van der Waals surface area contributed by atoms with Crippen LogP contribution >= 0.6 is 0 Å². The summed E-state index contributed by atoms with van der Waals surface area (Å²) in [7, 11) is 0. The number of carbonyl (C=O) groups excluding carboxylic acids is 1. The SMILES string of the molecule is O=C(NCCc1ccccn1)[C@@H]1CO[C@@H]2CCNC[C@@H]2C1. The molecule has 0 saturated carbocycles. The molecule has 0 unspecified atom stereocenters. The fourth-order valence-corrected chi connectivity index (χ4v) is 3.21. The first-order valence-corrected chi connectivity index (χ1v) is 7.83. The number of ether oxygens (including phenoxy) is 1. The smallest absolute Gasteiger partial charge is 0.225 e. The van der Waals surface area contributed by atoms with Gasteiger partial charge in [-0.1, -0.05) is 6.07 Å². The maximum Gasteiger partial charge on any atom is 0.225 e. The van der Waals surface area contributed by atoms with Crippen molar-refractivity contribution in [2.24, 2.45) is 11.8 Å². The van der Waals surface area contributed by atoms with E-state index in [1.807, 2.05) is 18.2 Å². The zero-order valence-corrected chi connectivity index (χ0v) is 12.3. The Morgan fingerprint density at radius 1 is 1.48 bits per heavy atom. The summed E-state index contributed by atoms with van der Waals surface area (Å²) in [6.07, 6.45) is 4.91. The Labute approximate surface area is 125 Å². The van der Waals surface area contributed by atoms with Gasteiger partial charge in [0.05, 0.1) is 18.6 Å². The van der Waals surface area contributed by atoms with Crippen LogP contribution < -0.4 is 10.6 Å². The van der Waals surface area contributed by atoms with Crippen LogP contribution in [0.3, 0.4) is 0 Å². The quantitative estimate of drug-likeness (QED) is 0.859. The number of piperidine rings is 1. The molecule has 2 saturated heterocycles. The van der Waals surface area contributed by atoms with Gasteiger partial charge < -0.3 is 15.4 Å². The Balaban J connectivity index is 1.43. The van der Waals surface area contributed by atoms with Gasteiger partial charge in [0.1, 0.15) is 0 Å². The number of rotatable bonds is 4. The minimum atomic E-state index is -0.00474. The Morgan fingerprint density at radius 3 is 3.29 bits per heavy atom. The molecular formula is C16H23N3O2. The Kier molecular flexibility index (Phi) is 4.83. The van der Waals surface area contributed by atoms with E-state index < -0.39 is 0 Å². The molecule has 2 N–H and O–H groups in total. The highest BCUT2D eigenvalue weighted by Gasteiger charge is 2.35. The zero-order valence-electron chi connectivity index (χ0n) is 12.3. The lowest BCUT2D eigenvalue weighted by Gasteiger charge is -2.39. The Morgan fingerprint density at radius 2 is 2.43 bits per heavy atom. The van der Waals surface area contributed by atoms with E-state index in [2.05, 4.69) is 15.6 Å². The van der Waals surface area contributed by atoms with E-state index in [0.29, 0.717) is 25.2 Å². The van der Waals surface area contributed by atoms with Crippen molar-refractivity contribution >= 4 is 5.91 Å². The third-order valence-corrected chi connectivity index (χ3v) is 4.41. The average Bonchev–Trinajstić information content (AvgIpc) is 2.55. The predicted octanol–water partition coefficient (Wildman–Crippen LogP) is 0.755. The summed E-state index contributed by atoms with van der Waals surface area (Å²) in [4.78, 5) is 16.5. The second-order valence-electron chi connectivity index (χ2n) is 5.92. The molecule has 5 heteroatoms. The van der Waals surface area contributed by atoms with E-state index in [-0.39, 0.29) is 11.8 Å². The highest BCUT2D eigenvalue weighted by molar-refractivity contribution is 5.78. The van der Waals surface area contributed by atoms with Crippen LogP contribution in [0.4, 0.5) is 0 Å². The number of pyridine rings is 1. The maximum atomic E-state index is 12.2. The van der Waals surface area contributed by atoms with Crippen LogP contribution in [0, 0.1) is 11.8 Å². The van der Waals surface area contributed by atoms with Crippen LogP contribution in [0.15, 0.2) is 24.4 Å². The van der Waals surface area contributed by atoms with Crippen molar-refractivity contribution in [2.75, 3.05) is 26.2 Å². The van der Waals surface area contributed by atoms with Crippen LogP contribution in [0.5, 0.6) is 0 Å². The van der Waals surface area contributed by atoms with Gasteiger partial charge in [0, 0.05) is 31.4 Å². The molecule has 1 aromatic rings. The van der Waals surface area contributed by atoms with Crippen LogP contribution in [0.25, 0.3) is 0 Å². The molecular weight excluding hydrogens is 266 g/mol. The lowest BCUT2D eigenvalue weighted by Crippen LogP contribution is -2.49. The summed E-state index contributed by atoms with van der Waals surface area (Å²) in [6, 6.07) is 5.85. The first-order chi connectivity index (χ1) is 10.3. The minimum absolute atomic E-state index is 0.00474. The van der Waals surface area contributed by atoms with Gasteiger partial charge in [-0.2, -0.15) is 0 Å². The van der Waals surface area contributed by atoms with Crippen molar-refractivity contribution < 1.29 is 9.53 Å². The molecule has 3 rings (SSSR count). The highest BCUT2D eigenvalue weighted by atomic mass is 16.5. The number of nitrogens with one attached hydrogen (secondary N) is 2. The van der Waals surface area contributed by atoms with Crippen molar-refractivity contribution in [3.05, 3.63) is 30.1 Å². The molecule has 3 atom stereocenters. The third-order valence-electron chi connectivity index (χ3n) is 4.41. The molecule has 2 aliphatic rings. The molecule has 0 spiro atoms. The molecule has 0 bridgehead atoms. The van der Waals surface area contributed by atoms with Gasteiger partial charge >= 0.3 is 0 Å². The van der Waals surface area contributed by atoms with E-state index in [9.17, 15) is 4.79 Å². The summed E-state index contributed by atoms with van der Waals surface area (Å²) in [6.45, 7) is 3.21. The number of nitrogens with zero attached hydrogens (tertiary/aromatic N) is 1. The molecule has 2 fully saturated rings. The van der Waals surface area contributed by atoms with Gasteiger partial charge in [-0.05, 0) is 37.4 Å². The van der Waals surface area contributed by atoms with E-state index in [1.165, 1.54) is 0 Å². The molecule has 114 valence electrons. The van der Waals surface area contributed by atoms with Crippen molar-refractivity contribution in [1.29, 1.82) is 0 Å². The lowest BCUT2D eigenvalue weighted by atomic mass is 9.84. The predicted molar refractivity (Wildman–Crippen MR) is 79.8 cm³/mol. The van der Waals surface area contributed by atoms with Crippen molar-refractivity contribution in [1.82, 2.24) is 15.6 Å². The normalized spacial score (nSPS) is 28.7. The van der Waals surface area contributed by atoms with Crippen LogP contribution in [0.2, 0.25) is 0 Å². The molecule has 5 nitrogen and oxygen atoms in total. The fraction of sp³-hybridized carbons (Fsp3) is 0.625. The molecule has 3 heterocycles. The number of aromatic nitrogens is 1. The van der Waals surface area contributed by atoms with Crippen molar-refractivity contribution in [3.63, 3.8) is 0 Å². The molecule has 0 aromatic carbocycles. The standard InChI is InChI=1S/C16H23N3O2/c20-16(19-8-4-14-3-1-2-6-18-14)13-9-12-10-17-7-5-15(12)21-11-13/h1-3,6,12-13,15,17H,4-5,7-11H2,(H,19,20)/t12-,13-,15+/m0/s1. The van der Waals surface area contributed by atoms with E-state index in [4.69, 9.17) is 4.74 Å². The molecule has 0 radical (unpaired) electrons. The Hall–Kier alpha value is -1.46. The van der Waals surface area contributed by atoms with Crippen molar-refractivity contribution in [3.8, 4) is 0 Å². The second kappa shape index (κ2) is 7.00. The van der Waals surface area contributed by atoms with Gasteiger partial charge in [0.25, 0.3) is 0 Å². The number of fused-ring (bicyclic) bond motifs is 1. The van der Waals surface area contributed by atoms with Crippen molar-refractivity contribution in [2.45, 2.75) is 25.4 Å².